The summed E-state index contributed by atoms with van der Waals surface area (Å²) in [7, 11) is -0.924. The van der Waals surface area contributed by atoms with E-state index in [0.717, 1.165) is 29.7 Å². The standard InChI is InChI=1S/C24H30N2O5S/c1-17-6-5-7-18(2)24(17)31-20-12-14-26(15-13-20)23(27)11-9-19-8-10-21(30-4)22(16-19)32(28,29)25-3/h5-11,16,20,25H,12-15H2,1-4H3/b11-9+. The second-order valence-corrected chi connectivity index (χ2v) is 9.67. The van der Waals surface area contributed by atoms with E-state index in [-0.39, 0.29) is 22.7 Å². The highest BCUT2D eigenvalue weighted by Crippen LogP contribution is 2.27. The molecular formula is C24H30N2O5S. The van der Waals surface area contributed by atoms with Gasteiger partial charge in [0.05, 0.1) is 7.11 Å². The van der Waals surface area contributed by atoms with Gasteiger partial charge < -0.3 is 14.4 Å². The van der Waals surface area contributed by atoms with Gasteiger partial charge in [-0.05, 0) is 55.8 Å². The Labute approximate surface area is 190 Å². The zero-order valence-corrected chi connectivity index (χ0v) is 19.7. The minimum atomic E-state index is -3.68. The molecule has 1 N–H and O–H groups in total. The van der Waals surface area contributed by atoms with Crippen LogP contribution >= 0.6 is 0 Å². The Kier molecular flexibility index (Phi) is 7.58. The highest BCUT2D eigenvalue weighted by molar-refractivity contribution is 7.89. The molecule has 0 bridgehead atoms. The quantitative estimate of drug-likeness (QED) is 0.644. The Morgan fingerprint density at radius 3 is 2.38 bits per heavy atom. The molecule has 0 aromatic heterocycles. The number of nitrogens with zero attached hydrogens (tertiary/aromatic N) is 1. The van der Waals surface area contributed by atoms with E-state index < -0.39 is 10.0 Å². The predicted molar refractivity (Wildman–Crippen MR) is 124 cm³/mol. The number of carbonyl (C=O) groups excluding carboxylic acids is 1. The Hall–Kier alpha value is -2.84. The molecule has 0 unspecified atom stereocenters. The SMILES string of the molecule is CNS(=O)(=O)c1cc(/C=C/C(=O)N2CCC(Oc3c(C)cccc3C)CC2)ccc1OC. The summed E-state index contributed by atoms with van der Waals surface area (Å²) in [6.07, 6.45) is 4.71. The third kappa shape index (κ3) is 5.49. The number of hydrogen-bond acceptors (Lipinski definition) is 5. The zero-order valence-electron chi connectivity index (χ0n) is 18.9. The first-order valence-corrected chi connectivity index (χ1v) is 12.0. The summed E-state index contributed by atoms with van der Waals surface area (Å²) in [6, 6.07) is 10.9. The molecule has 3 rings (SSSR count). The van der Waals surface area contributed by atoms with E-state index in [9.17, 15) is 13.2 Å². The normalized spacial score (nSPS) is 15.2. The molecule has 7 nitrogen and oxygen atoms in total. The van der Waals surface area contributed by atoms with Crippen LogP contribution in [0.3, 0.4) is 0 Å². The molecule has 1 amide bonds. The van der Waals surface area contributed by atoms with E-state index in [4.69, 9.17) is 9.47 Å². The Balaban J connectivity index is 1.62. The molecule has 0 aliphatic carbocycles. The molecule has 0 saturated carbocycles. The van der Waals surface area contributed by atoms with E-state index in [1.165, 1.54) is 26.3 Å². The second-order valence-electron chi connectivity index (χ2n) is 7.81. The van der Waals surface area contributed by atoms with Crippen LogP contribution in [-0.4, -0.2) is 52.6 Å². The van der Waals surface area contributed by atoms with Crippen molar-refractivity contribution in [2.45, 2.75) is 37.7 Å². The van der Waals surface area contributed by atoms with Crippen molar-refractivity contribution >= 4 is 22.0 Å². The van der Waals surface area contributed by atoms with Crippen molar-refractivity contribution < 1.29 is 22.7 Å². The molecule has 172 valence electrons. The smallest absolute Gasteiger partial charge is 0.246 e. The number of ether oxygens (including phenoxy) is 2. The maximum absolute atomic E-state index is 12.6. The van der Waals surface area contributed by atoms with Crippen molar-refractivity contribution in [2.24, 2.45) is 0 Å². The van der Waals surface area contributed by atoms with Crippen LogP contribution in [-0.2, 0) is 14.8 Å². The summed E-state index contributed by atoms with van der Waals surface area (Å²) in [5, 5.41) is 0. The van der Waals surface area contributed by atoms with Crippen molar-refractivity contribution in [2.75, 3.05) is 27.2 Å². The molecule has 1 saturated heterocycles. The summed E-state index contributed by atoms with van der Waals surface area (Å²) in [5.41, 5.74) is 2.83. The van der Waals surface area contributed by atoms with Gasteiger partial charge >= 0.3 is 0 Å². The first-order chi connectivity index (χ1) is 15.2. The largest absolute Gasteiger partial charge is 0.495 e. The molecule has 1 heterocycles. The average Bonchev–Trinajstić information content (AvgIpc) is 2.80. The number of sulfonamides is 1. The first kappa shape index (κ1) is 23.8. The highest BCUT2D eigenvalue weighted by Gasteiger charge is 2.24. The zero-order chi connectivity index (χ0) is 23.3. The van der Waals surface area contributed by atoms with Gasteiger partial charge in [-0.25, -0.2) is 13.1 Å². The van der Waals surface area contributed by atoms with Gasteiger partial charge in [-0.1, -0.05) is 24.3 Å². The van der Waals surface area contributed by atoms with Crippen molar-refractivity contribution in [3.8, 4) is 11.5 Å². The average molecular weight is 459 g/mol. The van der Waals surface area contributed by atoms with Gasteiger partial charge in [0.15, 0.2) is 0 Å². The fourth-order valence-corrected chi connectivity index (χ4v) is 4.66. The summed E-state index contributed by atoms with van der Waals surface area (Å²) < 4.78 is 38.1. The number of aryl methyl sites for hydroxylation is 2. The van der Waals surface area contributed by atoms with Crippen LogP contribution in [0.5, 0.6) is 11.5 Å². The molecular weight excluding hydrogens is 428 g/mol. The van der Waals surface area contributed by atoms with Crippen LogP contribution in [0.1, 0.15) is 29.5 Å². The highest BCUT2D eigenvalue weighted by atomic mass is 32.2. The Bertz CT molecular complexity index is 1080. The minimum Gasteiger partial charge on any atom is -0.495 e. The fraction of sp³-hybridized carbons (Fsp3) is 0.375. The van der Waals surface area contributed by atoms with Crippen molar-refractivity contribution in [1.29, 1.82) is 0 Å². The maximum atomic E-state index is 12.6. The summed E-state index contributed by atoms with van der Waals surface area (Å²) in [6.45, 7) is 5.30. The number of nitrogens with one attached hydrogen (secondary N) is 1. The van der Waals surface area contributed by atoms with E-state index in [1.54, 1.807) is 23.1 Å². The third-order valence-electron chi connectivity index (χ3n) is 5.61. The predicted octanol–water partition coefficient (Wildman–Crippen LogP) is 3.30. The minimum absolute atomic E-state index is 0.0292. The second kappa shape index (κ2) is 10.2. The van der Waals surface area contributed by atoms with E-state index in [0.29, 0.717) is 18.7 Å². The molecule has 1 aliphatic heterocycles. The van der Waals surface area contributed by atoms with Gasteiger partial charge in [-0.3, -0.25) is 4.79 Å². The number of para-hydroxylation sites is 1. The van der Waals surface area contributed by atoms with Gasteiger partial charge in [-0.15, -0.1) is 0 Å². The Morgan fingerprint density at radius 2 is 1.78 bits per heavy atom. The molecule has 2 aromatic rings. The van der Waals surface area contributed by atoms with E-state index in [1.807, 2.05) is 32.0 Å². The van der Waals surface area contributed by atoms with Crippen LogP contribution in [0.15, 0.2) is 47.4 Å². The molecule has 0 spiro atoms. The van der Waals surface area contributed by atoms with Gasteiger partial charge in [-0.2, -0.15) is 0 Å². The van der Waals surface area contributed by atoms with E-state index >= 15 is 0 Å². The van der Waals surface area contributed by atoms with Crippen LogP contribution < -0.4 is 14.2 Å². The number of methoxy groups -OCH3 is 1. The van der Waals surface area contributed by atoms with Crippen LogP contribution in [0.2, 0.25) is 0 Å². The Morgan fingerprint density at radius 1 is 1.12 bits per heavy atom. The van der Waals surface area contributed by atoms with Gasteiger partial charge in [0.25, 0.3) is 0 Å². The number of benzene rings is 2. The number of piperidine rings is 1. The lowest BCUT2D eigenvalue weighted by Crippen LogP contribution is -2.41. The number of rotatable bonds is 7. The monoisotopic (exact) mass is 458 g/mol. The van der Waals surface area contributed by atoms with Gasteiger partial charge in [0.2, 0.25) is 15.9 Å². The molecule has 32 heavy (non-hydrogen) atoms. The fourth-order valence-electron chi connectivity index (χ4n) is 3.74. The first-order valence-electron chi connectivity index (χ1n) is 10.6. The topological polar surface area (TPSA) is 84.9 Å². The third-order valence-corrected chi connectivity index (χ3v) is 7.05. The van der Waals surface area contributed by atoms with E-state index in [2.05, 4.69) is 4.72 Å². The van der Waals surface area contributed by atoms with Crippen molar-refractivity contribution in [3.05, 3.63) is 59.2 Å². The molecule has 0 radical (unpaired) electrons. The lowest BCUT2D eigenvalue weighted by Gasteiger charge is -2.32. The van der Waals surface area contributed by atoms with Crippen molar-refractivity contribution in [3.63, 3.8) is 0 Å². The lowest BCUT2D eigenvalue weighted by atomic mass is 10.1. The summed E-state index contributed by atoms with van der Waals surface area (Å²) >= 11 is 0. The number of carbonyl (C=O) groups is 1. The molecule has 1 aliphatic rings. The van der Waals surface area contributed by atoms with Crippen LogP contribution in [0.25, 0.3) is 6.08 Å². The number of hydrogen-bond donors (Lipinski definition) is 1. The molecule has 8 heteroatoms. The molecule has 0 atom stereocenters. The van der Waals surface area contributed by atoms with Crippen LogP contribution in [0.4, 0.5) is 0 Å². The van der Waals surface area contributed by atoms with Gasteiger partial charge in [0, 0.05) is 32.0 Å². The van der Waals surface area contributed by atoms with Crippen LogP contribution in [0, 0.1) is 13.8 Å². The lowest BCUT2D eigenvalue weighted by molar-refractivity contribution is -0.127. The summed E-state index contributed by atoms with van der Waals surface area (Å²) in [4.78, 5) is 14.5. The molecule has 1 fully saturated rings. The van der Waals surface area contributed by atoms with Gasteiger partial charge in [0.1, 0.15) is 22.5 Å². The summed E-state index contributed by atoms with van der Waals surface area (Å²) in [5.74, 6) is 1.07. The number of amides is 1. The molecule has 2 aromatic carbocycles. The van der Waals surface area contributed by atoms with Crippen molar-refractivity contribution in [1.82, 2.24) is 9.62 Å². The maximum Gasteiger partial charge on any atom is 0.246 e. The number of likely N-dealkylation sites (tertiary alicyclic amines) is 1.